The van der Waals surface area contributed by atoms with Crippen LogP contribution in [-0.4, -0.2) is 46.6 Å². The fourth-order valence-electron chi connectivity index (χ4n) is 6.55. The topological polar surface area (TPSA) is 120 Å². The number of rotatable bonds is 4. The summed E-state index contributed by atoms with van der Waals surface area (Å²) in [7, 11) is 1.61. The normalized spacial score (nSPS) is 34.4. The Morgan fingerprint density at radius 2 is 1.84 bits per heavy atom. The lowest BCUT2D eigenvalue weighted by Crippen LogP contribution is -2.42. The number of nitrogens with one attached hydrogen (secondary N) is 1. The van der Waals surface area contributed by atoms with Crippen LogP contribution in [0, 0.1) is 29.6 Å². The van der Waals surface area contributed by atoms with Crippen LogP contribution in [0.1, 0.15) is 22.8 Å². The Morgan fingerprint density at radius 1 is 1.16 bits per heavy atom. The first-order valence-corrected chi connectivity index (χ1v) is 12.2. The first-order valence-electron chi connectivity index (χ1n) is 10.5. The Labute approximate surface area is 191 Å². The number of nitrogens with zero attached hydrogens (tertiary/aromatic N) is 1. The molecule has 0 radical (unpaired) electrons. The number of amides is 2. The van der Waals surface area contributed by atoms with Crippen molar-refractivity contribution in [3.8, 4) is 5.75 Å². The number of carboxylic acid groups (broad SMARTS) is 1. The van der Waals surface area contributed by atoms with Crippen molar-refractivity contribution in [2.45, 2.75) is 22.6 Å². The summed E-state index contributed by atoms with van der Waals surface area (Å²) < 4.78 is 5.29. The van der Waals surface area contributed by atoms with Gasteiger partial charge in [0.1, 0.15) is 5.75 Å². The number of hydrogen-bond acceptors (Lipinski definition) is 8. The maximum atomic E-state index is 13.1. The number of carbonyl (C=O) groups excluding carboxylic acids is 3. The van der Waals surface area contributed by atoms with Gasteiger partial charge in [0.2, 0.25) is 11.8 Å². The van der Waals surface area contributed by atoms with E-state index in [9.17, 15) is 24.3 Å². The molecule has 3 fully saturated rings. The third-order valence-corrected chi connectivity index (χ3v) is 10.2. The molecule has 2 saturated carbocycles. The molecule has 1 aromatic heterocycles. The minimum absolute atomic E-state index is 0.0273. The summed E-state index contributed by atoms with van der Waals surface area (Å²) in [5.74, 6) is -2.50. The van der Waals surface area contributed by atoms with Crippen LogP contribution >= 0.6 is 23.1 Å². The molecule has 8 nitrogen and oxygen atoms in total. The summed E-state index contributed by atoms with van der Waals surface area (Å²) in [6, 6.07) is 7.78. The van der Waals surface area contributed by atoms with Crippen LogP contribution in [0.4, 0.5) is 0 Å². The zero-order valence-corrected chi connectivity index (χ0v) is 18.6. The van der Waals surface area contributed by atoms with Gasteiger partial charge >= 0.3 is 4.87 Å². The standard InChI is InChI=1S/C22H20N2O6S2/c1-30-9-4-2-8(3-5-9)13-14-10-6-11(17(14)31-19-18(13)32-22(29)23-19)16-15(10)20(27)24(21(16)28)7-12(25)26/h2-5,10-11,13-17H,6-7H2,1H3,(H,23,29)(H,25,26)/p-1. The third-order valence-electron chi connectivity index (χ3n) is 7.58. The summed E-state index contributed by atoms with van der Waals surface area (Å²) in [5, 5.41) is 12.0. The number of thiazole rings is 1. The fourth-order valence-corrected chi connectivity index (χ4v) is 9.44. The average Bonchev–Trinajstić information content (AvgIpc) is 3.49. The third kappa shape index (κ3) is 2.62. The molecule has 2 amide bonds. The Morgan fingerprint density at radius 3 is 2.50 bits per heavy atom. The number of aliphatic carboxylic acids is 1. The van der Waals surface area contributed by atoms with E-state index in [1.165, 1.54) is 11.3 Å². The molecular weight excluding hydrogens is 452 g/mol. The lowest BCUT2D eigenvalue weighted by atomic mass is 9.68. The van der Waals surface area contributed by atoms with Gasteiger partial charge in [-0.3, -0.25) is 19.3 Å². The van der Waals surface area contributed by atoms with Gasteiger partial charge in [-0.05, 0) is 41.9 Å². The zero-order valence-electron chi connectivity index (χ0n) is 17.0. The van der Waals surface area contributed by atoms with Crippen molar-refractivity contribution in [2.24, 2.45) is 29.6 Å². The van der Waals surface area contributed by atoms with E-state index < -0.39 is 24.3 Å². The maximum absolute atomic E-state index is 13.1. The zero-order chi connectivity index (χ0) is 22.3. The first kappa shape index (κ1) is 20.0. The van der Waals surface area contributed by atoms with E-state index in [1.807, 2.05) is 24.3 Å². The average molecular weight is 472 g/mol. The number of fused-ring (bicyclic) bond motifs is 9. The number of imide groups is 1. The number of ether oxygens (including phenoxy) is 1. The fraction of sp³-hybridized carbons (Fsp3) is 0.455. The van der Waals surface area contributed by atoms with Crippen molar-refractivity contribution < 1.29 is 24.2 Å². The van der Waals surface area contributed by atoms with Gasteiger partial charge in [0.05, 0.1) is 36.5 Å². The molecule has 166 valence electrons. The number of thioether (sulfide) groups is 1. The highest BCUT2D eigenvalue weighted by Crippen LogP contribution is 2.68. The Kier molecular flexibility index (Phi) is 4.36. The number of carboxylic acids is 1. The second-order valence-electron chi connectivity index (χ2n) is 8.87. The maximum Gasteiger partial charge on any atom is 0.305 e. The van der Waals surface area contributed by atoms with Crippen LogP contribution in [0.2, 0.25) is 0 Å². The van der Waals surface area contributed by atoms with Crippen LogP contribution in [0.5, 0.6) is 5.75 Å². The van der Waals surface area contributed by atoms with Crippen molar-refractivity contribution in [1.29, 1.82) is 0 Å². The Balaban J connectivity index is 1.44. The second-order valence-corrected chi connectivity index (χ2v) is 11.1. The monoisotopic (exact) mass is 471 g/mol. The highest BCUT2D eigenvalue weighted by Gasteiger charge is 2.69. The van der Waals surface area contributed by atoms with Gasteiger partial charge < -0.3 is 19.6 Å². The summed E-state index contributed by atoms with van der Waals surface area (Å²) >= 11 is 2.81. The van der Waals surface area contributed by atoms with E-state index in [4.69, 9.17) is 4.74 Å². The molecule has 1 N–H and O–H groups in total. The van der Waals surface area contributed by atoms with Crippen LogP contribution in [0.25, 0.3) is 0 Å². The van der Waals surface area contributed by atoms with E-state index in [0.29, 0.717) is 0 Å². The molecule has 0 spiro atoms. The molecule has 10 heteroatoms. The predicted molar refractivity (Wildman–Crippen MR) is 113 cm³/mol. The minimum atomic E-state index is -1.43. The van der Waals surface area contributed by atoms with Crippen molar-refractivity contribution in [3.05, 3.63) is 44.4 Å². The Bertz CT molecular complexity index is 1200. The lowest BCUT2D eigenvalue weighted by Gasteiger charge is -2.43. The van der Waals surface area contributed by atoms with E-state index in [0.717, 1.165) is 32.5 Å². The molecule has 2 aliphatic heterocycles. The van der Waals surface area contributed by atoms with Gasteiger partial charge in [0.15, 0.2) is 0 Å². The highest BCUT2D eigenvalue weighted by molar-refractivity contribution is 8.00. The first-order chi connectivity index (χ1) is 15.4. The summed E-state index contributed by atoms with van der Waals surface area (Å²) in [6.45, 7) is -0.685. The number of hydrogen-bond donors (Lipinski definition) is 1. The SMILES string of the molecule is COc1ccc(C2c3sc(=O)[nH]c3SC3C4CC(C5C(=O)N(CC(=O)[O-])C(=O)C45)C23)cc1. The minimum Gasteiger partial charge on any atom is -0.548 e. The number of H-pyrrole nitrogens is 1. The van der Waals surface area contributed by atoms with Gasteiger partial charge in [0, 0.05) is 16.0 Å². The van der Waals surface area contributed by atoms with E-state index in [2.05, 4.69) is 4.98 Å². The Hall–Kier alpha value is -2.59. The molecule has 2 aromatic rings. The van der Waals surface area contributed by atoms with Crippen LogP contribution < -0.4 is 14.7 Å². The van der Waals surface area contributed by atoms with Crippen LogP contribution in [0.15, 0.2) is 34.1 Å². The van der Waals surface area contributed by atoms with Gasteiger partial charge in [-0.25, -0.2) is 0 Å². The number of benzene rings is 1. The van der Waals surface area contributed by atoms with Gasteiger partial charge in [-0.1, -0.05) is 23.5 Å². The number of aromatic amines is 1. The molecular formula is C22H19N2O6S2-. The van der Waals surface area contributed by atoms with Crippen molar-refractivity contribution in [2.75, 3.05) is 13.7 Å². The highest BCUT2D eigenvalue weighted by atomic mass is 32.2. The second kappa shape index (κ2) is 6.95. The van der Waals surface area contributed by atoms with E-state index in [-0.39, 0.29) is 45.6 Å². The number of methoxy groups -OCH3 is 1. The van der Waals surface area contributed by atoms with Gasteiger partial charge in [-0.2, -0.15) is 0 Å². The molecule has 1 aromatic carbocycles. The predicted octanol–water partition coefficient (Wildman–Crippen LogP) is 0.668. The van der Waals surface area contributed by atoms with E-state index >= 15 is 0 Å². The van der Waals surface area contributed by atoms with E-state index in [1.54, 1.807) is 18.9 Å². The summed E-state index contributed by atoms with van der Waals surface area (Å²) in [6.07, 6.45) is 0.764. The molecule has 2 aliphatic carbocycles. The lowest BCUT2D eigenvalue weighted by molar-refractivity contribution is -0.305. The molecule has 7 unspecified atom stereocenters. The van der Waals surface area contributed by atoms with Crippen molar-refractivity contribution in [3.63, 3.8) is 0 Å². The molecule has 3 heterocycles. The number of likely N-dealkylation sites (tertiary alicyclic amines) is 1. The summed E-state index contributed by atoms with van der Waals surface area (Å²) in [5.41, 5.74) is 1.05. The number of carbonyl (C=O) groups is 3. The van der Waals surface area contributed by atoms with Crippen LogP contribution in [-0.2, 0) is 14.4 Å². The molecule has 6 rings (SSSR count). The quantitative estimate of drug-likeness (QED) is 0.651. The van der Waals surface area contributed by atoms with Gasteiger partial charge in [0.25, 0.3) is 0 Å². The van der Waals surface area contributed by atoms with Crippen LogP contribution in [0.3, 0.4) is 0 Å². The molecule has 2 bridgehead atoms. The summed E-state index contributed by atoms with van der Waals surface area (Å²) in [4.78, 5) is 54.2. The van der Waals surface area contributed by atoms with Crippen molar-refractivity contribution >= 4 is 40.9 Å². The van der Waals surface area contributed by atoms with Gasteiger partial charge in [-0.15, -0.1) is 11.8 Å². The van der Waals surface area contributed by atoms with Crippen molar-refractivity contribution in [1.82, 2.24) is 9.88 Å². The smallest absolute Gasteiger partial charge is 0.305 e. The molecule has 1 saturated heterocycles. The molecule has 4 aliphatic rings. The molecule has 7 atom stereocenters. The largest absolute Gasteiger partial charge is 0.548 e. The molecule has 32 heavy (non-hydrogen) atoms. The number of aromatic nitrogens is 1.